The van der Waals surface area contributed by atoms with E-state index < -0.39 is 12.4 Å². The minimum atomic E-state index is -0.572. The maximum atomic E-state index is 11.0. The highest BCUT2D eigenvalue weighted by molar-refractivity contribution is 5.99. The van der Waals surface area contributed by atoms with Crippen LogP contribution in [0.15, 0.2) is 18.2 Å². The molecule has 1 rings (SSSR count). The number of Topliss-reactive ketones (excluding diaryl/α,β-unsaturated/α-hetero) is 1. The van der Waals surface area contributed by atoms with Crippen molar-refractivity contribution in [3.05, 3.63) is 29.3 Å². The van der Waals surface area contributed by atoms with Crippen LogP contribution in [0.2, 0.25) is 0 Å². The molecule has 1 aromatic carbocycles. The summed E-state index contributed by atoms with van der Waals surface area (Å²) in [6, 6.07) is 4.69. The highest BCUT2D eigenvalue weighted by Gasteiger charge is 2.08. The van der Waals surface area contributed by atoms with Crippen LogP contribution >= 0.6 is 0 Å². The number of benzene rings is 1. The Morgan fingerprint density at radius 1 is 1.50 bits per heavy atom. The van der Waals surface area contributed by atoms with Gasteiger partial charge in [-0.3, -0.25) is 4.79 Å². The molecule has 0 spiro atoms. The van der Waals surface area contributed by atoms with Crippen molar-refractivity contribution in [1.82, 2.24) is 0 Å². The number of aliphatic hydroxyl groups excluding tert-OH is 1. The summed E-state index contributed by atoms with van der Waals surface area (Å²) < 4.78 is 0. The van der Waals surface area contributed by atoms with Gasteiger partial charge in [-0.1, -0.05) is 11.6 Å². The zero-order valence-electron chi connectivity index (χ0n) is 6.74. The molecule has 0 atom stereocenters. The summed E-state index contributed by atoms with van der Waals surface area (Å²) in [5.41, 5.74) is 1.06. The quantitative estimate of drug-likeness (QED) is 0.641. The van der Waals surface area contributed by atoms with Gasteiger partial charge in [-0.05, 0) is 19.1 Å². The van der Waals surface area contributed by atoms with Crippen LogP contribution in [0.4, 0.5) is 0 Å². The van der Waals surface area contributed by atoms with Crippen LogP contribution in [0.3, 0.4) is 0 Å². The fraction of sp³-hybridized carbons (Fsp3) is 0.222. The Morgan fingerprint density at radius 2 is 2.17 bits per heavy atom. The summed E-state index contributed by atoms with van der Waals surface area (Å²) in [7, 11) is 0. The van der Waals surface area contributed by atoms with E-state index in [2.05, 4.69) is 0 Å². The van der Waals surface area contributed by atoms with Crippen molar-refractivity contribution in [2.45, 2.75) is 6.92 Å². The monoisotopic (exact) mass is 166 g/mol. The fourth-order valence-corrected chi connectivity index (χ4v) is 0.958. The average molecular weight is 166 g/mol. The molecule has 0 aliphatic heterocycles. The average Bonchev–Trinajstić information content (AvgIpc) is 2.08. The van der Waals surface area contributed by atoms with E-state index in [4.69, 9.17) is 5.11 Å². The van der Waals surface area contributed by atoms with Crippen molar-refractivity contribution in [2.24, 2.45) is 0 Å². The number of hydrogen-bond acceptors (Lipinski definition) is 3. The second kappa shape index (κ2) is 3.36. The Kier molecular flexibility index (Phi) is 2.45. The zero-order valence-corrected chi connectivity index (χ0v) is 6.74. The van der Waals surface area contributed by atoms with E-state index in [1.165, 1.54) is 6.07 Å². The van der Waals surface area contributed by atoms with E-state index in [0.29, 0.717) is 0 Å². The molecule has 1 aromatic rings. The Bertz CT molecular complexity index is 305. The lowest BCUT2D eigenvalue weighted by atomic mass is 10.1. The van der Waals surface area contributed by atoms with Crippen LogP contribution in [0.1, 0.15) is 15.9 Å². The van der Waals surface area contributed by atoms with Crippen molar-refractivity contribution >= 4 is 5.78 Å². The van der Waals surface area contributed by atoms with Gasteiger partial charge in [0.1, 0.15) is 12.4 Å². The van der Waals surface area contributed by atoms with Gasteiger partial charge in [-0.25, -0.2) is 0 Å². The standard InChI is InChI=1S/C9H10O3/c1-6-2-3-8(11)7(4-6)9(12)5-10/h2-4,10-11H,5H2,1H3. The fourth-order valence-electron chi connectivity index (χ4n) is 0.958. The summed E-state index contributed by atoms with van der Waals surface area (Å²) in [5.74, 6) is -0.546. The van der Waals surface area contributed by atoms with Crippen molar-refractivity contribution in [3.8, 4) is 5.75 Å². The Morgan fingerprint density at radius 3 is 2.75 bits per heavy atom. The predicted octanol–water partition coefficient (Wildman–Crippen LogP) is 0.876. The van der Waals surface area contributed by atoms with E-state index in [1.807, 2.05) is 6.92 Å². The Balaban J connectivity index is 3.13. The SMILES string of the molecule is Cc1ccc(O)c(C(=O)CO)c1. The van der Waals surface area contributed by atoms with Gasteiger partial charge in [0.2, 0.25) is 0 Å². The molecule has 2 N–H and O–H groups in total. The van der Waals surface area contributed by atoms with Crippen LogP contribution in [0.5, 0.6) is 5.75 Å². The molecule has 0 unspecified atom stereocenters. The first-order valence-electron chi connectivity index (χ1n) is 3.59. The van der Waals surface area contributed by atoms with E-state index in [1.54, 1.807) is 12.1 Å². The number of phenols is 1. The largest absolute Gasteiger partial charge is 0.507 e. The van der Waals surface area contributed by atoms with E-state index >= 15 is 0 Å². The number of ketones is 1. The predicted molar refractivity (Wildman–Crippen MR) is 44.3 cm³/mol. The number of aryl methyl sites for hydroxylation is 1. The highest BCUT2D eigenvalue weighted by atomic mass is 16.3. The third-order valence-corrected chi connectivity index (χ3v) is 1.60. The van der Waals surface area contributed by atoms with E-state index in [-0.39, 0.29) is 11.3 Å². The molecule has 0 aromatic heterocycles. The maximum Gasteiger partial charge on any atom is 0.191 e. The summed E-state index contributed by atoms with van der Waals surface area (Å²) in [4.78, 5) is 11.0. The molecular formula is C9H10O3. The second-order valence-corrected chi connectivity index (χ2v) is 2.60. The van der Waals surface area contributed by atoms with Crippen LogP contribution in [-0.2, 0) is 0 Å². The number of aromatic hydroxyl groups is 1. The second-order valence-electron chi connectivity index (χ2n) is 2.60. The summed E-state index contributed by atoms with van der Waals surface area (Å²) in [5, 5.41) is 17.7. The number of aliphatic hydroxyl groups is 1. The van der Waals surface area contributed by atoms with Gasteiger partial charge in [0.15, 0.2) is 5.78 Å². The third kappa shape index (κ3) is 1.62. The summed E-state index contributed by atoms with van der Waals surface area (Å²) >= 11 is 0. The zero-order chi connectivity index (χ0) is 9.14. The summed E-state index contributed by atoms with van der Waals surface area (Å²) in [6.07, 6.45) is 0. The number of hydrogen-bond donors (Lipinski definition) is 2. The van der Waals surface area contributed by atoms with E-state index in [9.17, 15) is 9.90 Å². The highest BCUT2D eigenvalue weighted by Crippen LogP contribution is 2.18. The van der Waals surface area contributed by atoms with Crippen molar-refractivity contribution < 1.29 is 15.0 Å². The topological polar surface area (TPSA) is 57.5 Å². The number of carbonyl (C=O) groups excluding carboxylic acids is 1. The van der Waals surface area contributed by atoms with Gasteiger partial charge >= 0.3 is 0 Å². The Labute approximate surface area is 70.3 Å². The van der Waals surface area contributed by atoms with Crippen LogP contribution in [0, 0.1) is 6.92 Å². The molecule has 0 saturated carbocycles. The van der Waals surface area contributed by atoms with Crippen LogP contribution in [-0.4, -0.2) is 22.6 Å². The molecule has 0 aliphatic rings. The molecular weight excluding hydrogens is 156 g/mol. The summed E-state index contributed by atoms with van der Waals surface area (Å²) in [6.45, 7) is 1.24. The first-order valence-corrected chi connectivity index (χ1v) is 3.59. The third-order valence-electron chi connectivity index (χ3n) is 1.60. The molecule has 0 amide bonds. The lowest BCUT2D eigenvalue weighted by Gasteiger charge is -2.01. The molecule has 64 valence electrons. The number of rotatable bonds is 2. The minimum absolute atomic E-state index is 0.0837. The minimum Gasteiger partial charge on any atom is -0.507 e. The van der Waals surface area contributed by atoms with Gasteiger partial charge in [-0.2, -0.15) is 0 Å². The van der Waals surface area contributed by atoms with Crippen LogP contribution < -0.4 is 0 Å². The maximum absolute atomic E-state index is 11.0. The first-order chi connectivity index (χ1) is 5.65. The first kappa shape index (κ1) is 8.74. The molecule has 0 fully saturated rings. The van der Waals surface area contributed by atoms with Crippen molar-refractivity contribution in [2.75, 3.05) is 6.61 Å². The number of carbonyl (C=O) groups is 1. The molecule has 0 bridgehead atoms. The van der Waals surface area contributed by atoms with Crippen molar-refractivity contribution in [1.29, 1.82) is 0 Å². The van der Waals surface area contributed by atoms with Crippen molar-refractivity contribution in [3.63, 3.8) is 0 Å². The van der Waals surface area contributed by atoms with Gasteiger partial charge in [0.05, 0.1) is 5.56 Å². The lowest BCUT2D eigenvalue weighted by molar-refractivity contribution is 0.0901. The normalized spacial score (nSPS) is 9.83. The van der Waals surface area contributed by atoms with Gasteiger partial charge in [0.25, 0.3) is 0 Å². The molecule has 3 nitrogen and oxygen atoms in total. The van der Waals surface area contributed by atoms with Crippen LogP contribution in [0.25, 0.3) is 0 Å². The van der Waals surface area contributed by atoms with Gasteiger partial charge in [-0.15, -0.1) is 0 Å². The Hall–Kier alpha value is -1.35. The smallest absolute Gasteiger partial charge is 0.191 e. The lowest BCUT2D eigenvalue weighted by Crippen LogP contribution is -2.04. The van der Waals surface area contributed by atoms with Gasteiger partial charge < -0.3 is 10.2 Å². The molecule has 12 heavy (non-hydrogen) atoms. The van der Waals surface area contributed by atoms with Gasteiger partial charge in [0, 0.05) is 0 Å². The molecule has 3 heteroatoms. The van der Waals surface area contributed by atoms with E-state index in [0.717, 1.165) is 5.56 Å². The molecule has 0 saturated heterocycles. The molecule has 0 aliphatic carbocycles. The molecule has 0 heterocycles. The molecule has 0 radical (unpaired) electrons. The number of phenolic OH excluding ortho intramolecular Hbond substituents is 1.